The summed E-state index contributed by atoms with van der Waals surface area (Å²) in [7, 11) is 0. The molecule has 4 nitrogen and oxygen atoms in total. The molecule has 4 heteroatoms. The summed E-state index contributed by atoms with van der Waals surface area (Å²) in [4.78, 5) is 14.8. The molecule has 0 aliphatic heterocycles. The fraction of sp³-hybridized carbons (Fsp3) is 0. The third kappa shape index (κ3) is 4.49. The van der Waals surface area contributed by atoms with Crippen molar-refractivity contribution in [2.24, 2.45) is 0 Å². The van der Waals surface area contributed by atoms with Crippen LogP contribution in [0.2, 0.25) is 0 Å². The minimum Gasteiger partial charge on any atom is -0.274 e. The number of benzene rings is 9. The van der Waals surface area contributed by atoms with Gasteiger partial charge in [0.15, 0.2) is 5.65 Å². The molecule has 0 aliphatic carbocycles. The van der Waals surface area contributed by atoms with E-state index in [1.165, 1.54) is 65.3 Å². The summed E-state index contributed by atoms with van der Waals surface area (Å²) >= 11 is 0. The Hall–Kier alpha value is -7.43. The van der Waals surface area contributed by atoms with Crippen LogP contribution in [0.3, 0.4) is 0 Å². The Morgan fingerprint density at radius 3 is 1.58 bits per heavy atom. The average molecular weight is 699 g/mol. The minimum atomic E-state index is 0.810. The molecule has 0 unspecified atom stereocenters. The maximum Gasteiger partial charge on any atom is 0.165 e. The van der Waals surface area contributed by atoms with Crippen molar-refractivity contribution < 1.29 is 0 Å². The second kappa shape index (κ2) is 11.5. The monoisotopic (exact) mass is 698 g/mol. The summed E-state index contributed by atoms with van der Waals surface area (Å²) in [6.45, 7) is 0. The Bertz CT molecular complexity index is 3560. The van der Waals surface area contributed by atoms with Crippen LogP contribution >= 0.6 is 0 Å². The molecule has 0 aliphatic rings. The molecule has 9 aromatic carbocycles. The van der Waals surface area contributed by atoms with E-state index >= 15 is 0 Å². The fourth-order valence-electron chi connectivity index (χ4n) is 8.89. The number of nitrogens with zero attached hydrogens (tertiary/aromatic N) is 4. The summed E-state index contributed by atoms with van der Waals surface area (Å²) in [6.07, 6.45) is 3.52. The molecule has 3 aromatic heterocycles. The molecule has 0 spiro atoms. The summed E-state index contributed by atoms with van der Waals surface area (Å²) in [5.74, 6) is 0. The fourth-order valence-corrected chi connectivity index (χ4v) is 8.89. The number of aromatic nitrogens is 4. The SMILES string of the molecule is c1ccc2cc(-c3c4ccccc4c(-c4ccc5ccccc5c4)c4cc(-c5ccc6c(c5)nc5c7ccccc7c7nccnc7n65)ccc34)ccc2c1. The molecule has 0 saturated carbocycles. The lowest BCUT2D eigenvalue weighted by atomic mass is 9.84. The zero-order valence-corrected chi connectivity index (χ0v) is 29.6. The minimum absolute atomic E-state index is 0.810. The first kappa shape index (κ1) is 30.1. The van der Waals surface area contributed by atoms with Crippen molar-refractivity contribution in [3.05, 3.63) is 182 Å². The molecule has 0 fully saturated rings. The summed E-state index contributed by atoms with van der Waals surface area (Å²) in [5, 5.41) is 12.0. The summed E-state index contributed by atoms with van der Waals surface area (Å²) in [5.41, 5.74) is 11.7. The molecule has 0 bridgehead atoms. The van der Waals surface area contributed by atoms with E-state index in [-0.39, 0.29) is 0 Å². The van der Waals surface area contributed by atoms with Gasteiger partial charge >= 0.3 is 0 Å². The van der Waals surface area contributed by atoms with Gasteiger partial charge in [0.05, 0.1) is 11.0 Å². The molecule has 0 atom stereocenters. The highest BCUT2D eigenvalue weighted by molar-refractivity contribution is 6.23. The Balaban J connectivity index is 1.14. The quantitative estimate of drug-likeness (QED) is 0.136. The van der Waals surface area contributed by atoms with Gasteiger partial charge in [-0.2, -0.15) is 0 Å². The van der Waals surface area contributed by atoms with Crippen molar-refractivity contribution >= 4 is 81.7 Å². The topological polar surface area (TPSA) is 43.1 Å². The van der Waals surface area contributed by atoms with E-state index in [1.807, 2.05) is 6.07 Å². The highest BCUT2D eigenvalue weighted by Gasteiger charge is 2.20. The van der Waals surface area contributed by atoms with Gasteiger partial charge < -0.3 is 0 Å². The van der Waals surface area contributed by atoms with Gasteiger partial charge in [-0.05, 0) is 107 Å². The van der Waals surface area contributed by atoms with Gasteiger partial charge in [0.2, 0.25) is 0 Å². The smallest absolute Gasteiger partial charge is 0.165 e. The maximum atomic E-state index is 5.25. The van der Waals surface area contributed by atoms with Crippen molar-refractivity contribution in [2.75, 3.05) is 0 Å². The predicted octanol–water partition coefficient (Wildman–Crippen LogP) is 13.2. The van der Waals surface area contributed by atoms with E-state index in [4.69, 9.17) is 15.0 Å². The predicted molar refractivity (Wildman–Crippen MR) is 230 cm³/mol. The highest BCUT2D eigenvalue weighted by Crippen LogP contribution is 2.46. The summed E-state index contributed by atoms with van der Waals surface area (Å²) < 4.78 is 2.16. The molecule has 3 heterocycles. The van der Waals surface area contributed by atoms with Crippen molar-refractivity contribution in [2.45, 2.75) is 0 Å². The van der Waals surface area contributed by atoms with Crippen LogP contribution in [-0.2, 0) is 0 Å². The van der Waals surface area contributed by atoms with E-state index in [1.54, 1.807) is 12.4 Å². The molecule has 55 heavy (non-hydrogen) atoms. The number of hydrogen-bond acceptors (Lipinski definition) is 3. The first-order chi connectivity index (χ1) is 27.3. The average Bonchev–Trinajstić information content (AvgIpc) is 3.64. The zero-order valence-electron chi connectivity index (χ0n) is 29.6. The van der Waals surface area contributed by atoms with E-state index in [9.17, 15) is 0 Å². The highest BCUT2D eigenvalue weighted by atomic mass is 15.1. The van der Waals surface area contributed by atoms with Crippen molar-refractivity contribution in [1.82, 2.24) is 19.4 Å². The van der Waals surface area contributed by atoms with Crippen LogP contribution in [0.4, 0.5) is 0 Å². The van der Waals surface area contributed by atoms with Gasteiger partial charge in [-0.1, -0.05) is 140 Å². The van der Waals surface area contributed by atoms with Gasteiger partial charge in [-0.25, -0.2) is 9.97 Å². The Labute approximate surface area is 315 Å². The van der Waals surface area contributed by atoms with E-state index in [0.29, 0.717) is 0 Å². The van der Waals surface area contributed by atoms with E-state index < -0.39 is 0 Å². The Morgan fingerprint density at radius 1 is 0.345 bits per heavy atom. The van der Waals surface area contributed by atoms with Crippen molar-refractivity contribution in [1.29, 1.82) is 0 Å². The van der Waals surface area contributed by atoms with E-state index in [2.05, 4.69) is 168 Å². The first-order valence-corrected chi connectivity index (χ1v) is 18.7. The molecular weight excluding hydrogens is 669 g/mol. The molecule has 0 amide bonds. The number of imidazole rings is 1. The molecule has 0 radical (unpaired) electrons. The number of fused-ring (bicyclic) bond motifs is 12. The molecule has 12 rings (SSSR count). The third-order valence-electron chi connectivity index (χ3n) is 11.4. The molecule has 254 valence electrons. The van der Waals surface area contributed by atoms with Gasteiger partial charge in [0.25, 0.3) is 0 Å². The maximum absolute atomic E-state index is 5.25. The molecular formula is C51H30N4. The lowest BCUT2D eigenvalue weighted by molar-refractivity contribution is 1.19. The first-order valence-electron chi connectivity index (χ1n) is 18.7. The lowest BCUT2D eigenvalue weighted by Gasteiger charge is -2.19. The number of pyridine rings is 1. The second-order valence-corrected chi connectivity index (χ2v) is 14.4. The number of rotatable bonds is 3. The lowest BCUT2D eigenvalue weighted by Crippen LogP contribution is -1.95. The summed E-state index contributed by atoms with van der Waals surface area (Å²) in [6, 6.07) is 61.9. The zero-order chi connectivity index (χ0) is 36.0. The van der Waals surface area contributed by atoms with Crippen LogP contribution in [0.5, 0.6) is 0 Å². The van der Waals surface area contributed by atoms with Gasteiger partial charge in [0.1, 0.15) is 11.2 Å². The standard InChI is InChI=1S/C51H30N4/c1-3-11-33-27-37(19-17-31(33)9-1)47-39-13-5-6-14-40(39)48(38-20-18-32-10-2-4-12-34(32)28-38)44-29-35(21-23-41(44)47)36-22-24-46-45(30-36)54-50-43-16-8-7-15-42(43)49-51(55(46)50)53-26-25-52-49/h1-30H. The third-order valence-corrected chi connectivity index (χ3v) is 11.4. The van der Waals surface area contributed by atoms with Crippen molar-refractivity contribution in [3.8, 4) is 33.4 Å². The van der Waals surface area contributed by atoms with Crippen molar-refractivity contribution in [3.63, 3.8) is 0 Å². The van der Waals surface area contributed by atoms with Crippen LogP contribution in [-0.4, -0.2) is 19.4 Å². The van der Waals surface area contributed by atoms with Gasteiger partial charge in [-0.3, -0.25) is 9.38 Å². The van der Waals surface area contributed by atoms with Crippen LogP contribution < -0.4 is 0 Å². The molecule has 0 N–H and O–H groups in total. The van der Waals surface area contributed by atoms with Crippen LogP contribution in [0.15, 0.2) is 182 Å². The molecule has 12 aromatic rings. The normalized spacial score (nSPS) is 12.0. The Morgan fingerprint density at radius 2 is 0.873 bits per heavy atom. The molecule has 0 saturated heterocycles. The van der Waals surface area contributed by atoms with Crippen LogP contribution in [0.1, 0.15) is 0 Å². The second-order valence-electron chi connectivity index (χ2n) is 14.4. The largest absolute Gasteiger partial charge is 0.274 e. The van der Waals surface area contributed by atoms with E-state index in [0.717, 1.165) is 49.7 Å². The Kier molecular flexibility index (Phi) is 6.31. The van der Waals surface area contributed by atoms with Crippen LogP contribution in [0, 0.1) is 0 Å². The van der Waals surface area contributed by atoms with Gasteiger partial charge in [0, 0.05) is 23.2 Å². The number of hydrogen-bond donors (Lipinski definition) is 0. The van der Waals surface area contributed by atoms with Gasteiger partial charge in [-0.15, -0.1) is 0 Å². The van der Waals surface area contributed by atoms with Crippen LogP contribution in [0.25, 0.3) is 115 Å².